The summed E-state index contributed by atoms with van der Waals surface area (Å²) >= 11 is 0. The summed E-state index contributed by atoms with van der Waals surface area (Å²) in [4.78, 5) is 50.6. The van der Waals surface area contributed by atoms with Crippen molar-refractivity contribution >= 4 is 66.9 Å². The van der Waals surface area contributed by atoms with Gasteiger partial charge in [0.2, 0.25) is 0 Å². The Morgan fingerprint density at radius 2 is 0.600 bits per heavy atom. The number of aromatic amines is 2. The van der Waals surface area contributed by atoms with Crippen molar-refractivity contribution in [3.05, 3.63) is 72.8 Å². The molecule has 9 heterocycles. The van der Waals surface area contributed by atoms with E-state index >= 15 is 0 Å². The topological polar surface area (TPSA) is 122 Å². The van der Waals surface area contributed by atoms with Gasteiger partial charge in [-0.05, 0) is 51.4 Å². The fourth-order valence-corrected chi connectivity index (χ4v) is 10.8. The van der Waals surface area contributed by atoms with Crippen LogP contribution in [-0.2, 0) is 0 Å². The Morgan fingerprint density at radius 1 is 0.317 bits per heavy atom. The number of hydrogen-bond donors (Lipinski definition) is 2. The first kappa shape index (κ1) is 34.3. The van der Waals surface area contributed by atoms with Crippen LogP contribution in [0.25, 0.3) is 89.7 Å². The van der Waals surface area contributed by atoms with Gasteiger partial charge in [0.05, 0.1) is 33.5 Å². The number of benzene rings is 4. The SMILES string of the molecule is c1ccc2c(c1)-c1nc-2nc2[nH]c(nc3nc(nc4[nH]c(n1)c1ccccc41)-c1ccccc1-3)c1c(N3CCCC3)c(N3CCCC3)c(N3CCCC3)c(N3CCCC3)c21. The highest BCUT2D eigenvalue weighted by Gasteiger charge is 2.37. The quantitative estimate of drug-likeness (QED) is 0.178. The second-order valence-corrected chi connectivity index (χ2v) is 17.2. The Morgan fingerprint density at radius 3 is 0.950 bits per heavy atom. The fourth-order valence-electron chi connectivity index (χ4n) is 10.8. The van der Waals surface area contributed by atoms with E-state index in [1.807, 2.05) is 12.1 Å². The van der Waals surface area contributed by atoms with Crippen LogP contribution in [0.1, 0.15) is 51.4 Å². The molecule has 298 valence electrons. The average Bonchev–Trinajstić information content (AvgIpc) is 4.13. The Hall–Kier alpha value is -6.56. The maximum absolute atomic E-state index is 5.63. The average molecular weight is 791 g/mol. The van der Waals surface area contributed by atoms with Crippen LogP contribution in [0.2, 0.25) is 0 Å². The zero-order chi connectivity index (χ0) is 39.3. The predicted molar refractivity (Wildman–Crippen MR) is 242 cm³/mol. The molecule has 7 aromatic rings. The van der Waals surface area contributed by atoms with E-state index in [9.17, 15) is 0 Å². The molecule has 0 radical (unpaired) electrons. The largest absolute Gasteiger partial charge is 0.369 e. The zero-order valence-electron chi connectivity index (χ0n) is 33.7. The van der Waals surface area contributed by atoms with Crippen LogP contribution in [0.5, 0.6) is 0 Å². The highest BCUT2D eigenvalue weighted by Crippen LogP contribution is 2.56. The summed E-state index contributed by atoms with van der Waals surface area (Å²) in [7, 11) is 0. The van der Waals surface area contributed by atoms with Crippen molar-refractivity contribution in [1.29, 1.82) is 0 Å². The first-order valence-corrected chi connectivity index (χ1v) is 22.1. The van der Waals surface area contributed by atoms with E-state index in [0.717, 1.165) is 107 Å². The van der Waals surface area contributed by atoms with E-state index in [-0.39, 0.29) is 0 Å². The summed E-state index contributed by atoms with van der Waals surface area (Å²) in [6.45, 7) is 8.31. The summed E-state index contributed by atoms with van der Waals surface area (Å²) < 4.78 is 0. The van der Waals surface area contributed by atoms with Crippen LogP contribution >= 0.6 is 0 Å². The lowest BCUT2D eigenvalue weighted by Crippen LogP contribution is -2.31. The summed E-state index contributed by atoms with van der Waals surface area (Å²) in [5, 5.41) is 4.22. The molecule has 6 aliphatic heterocycles. The third-order valence-electron chi connectivity index (χ3n) is 13.6. The molecule has 12 heteroatoms. The molecule has 4 fully saturated rings. The summed E-state index contributed by atoms with van der Waals surface area (Å²) in [5.74, 6) is 2.54. The Labute approximate surface area is 347 Å². The number of H-pyrrole nitrogens is 2. The molecule has 4 aromatic carbocycles. The number of nitrogens with one attached hydrogen (secondary N) is 2. The van der Waals surface area contributed by atoms with Crippen LogP contribution in [0.4, 0.5) is 22.7 Å². The van der Waals surface area contributed by atoms with Gasteiger partial charge in [-0.15, -0.1) is 0 Å². The molecule has 12 nitrogen and oxygen atoms in total. The minimum atomic E-state index is 0.626. The van der Waals surface area contributed by atoms with Crippen LogP contribution < -0.4 is 19.6 Å². The first-order chi connectivity index (χ1) is 29.7. The highest BCUT2D eigenvalue weighted by atomic mass is 15.3. The van der Waals surface area contributed by atoms with E-state index in [4.69, 9.17) is 29.9 Å². The van der Waals surface area contributed by atoms with E-state index in [0.29, 0.717) is 34.6 Å². The second kappa shape index (κ2) is 13.5. The van der Waals surface area contributed by atoms with Crippen molar-refractivity contribution in [2.75, 3.05) is 72.0 Å². The molecule has 60 heavy (non-hydrogen) atoms. The van der Waals surface area contributed by atoms with Gasteiger partial charge in [0.1, 0.15) is 22.6 Å². The standard InChI is InChI=1S/C48H46N12/c1-2-16-30-29(15-1)41-49-42(30)51-44-32-18-4-6-20-34(32)46(53-44)55-48-36-35(47(56-48)54-45-33-19-5-3-17-31(33)43(50-41)52-45)37(57-21-7-8-22-57)39(59-25-11-12-26-59)40(60-27-13-14-28-60)38(36)58-23-9-10-24-58/h1-6,15-20H,7-14,21-28H2,(H2,49,50,51,52,53,54,55,56). The van der Waals surface area contributed by atoms with Crippen molar-refractivity contribution in [3.8, 4) is 45.6 Å². The number of fused-ring (bicyclic) bond motifs is 20. The van der Waals surface area contributed by atoms with Crippen molar-refractivity contribution in [2.45, 2.75) is 51.4 Å². The summed E-state index contributed by atoms with van der Waals surface area (Å²) in [6.07, 6.45) is 9.52. The third-order valence-corrected chi connectivity index (χ3v) is 13.6. The summed E-state index contributed by atoms with van der Waals surface area (Å²) in [6, 6.07) is 25.0. The fraction of sp³-hybridized carbons (Fsp3) is 0.333. The Kier molecular flexibility index (Phi) is 7.71. The van der Waals surface area contributed by atoms with Gasteiger partial charge in [-0.25, -0.2) is 29.9 Å². The van der Waals surface area contributed by atoms with Crippen molar-refractivity contribution < 1.29 is 0 Å². The highest BCUT2D eigenvalue weighted by molar-refractivity contribution is 6.25. The lowest BCUT2D eigenvalue weighted by Gasteiger charge is -2.37. The molecule has 2 N–H and O–H groups in total. The van der Waals surface area contributed by atoms with E-state index < -0.39 is 0 Å². The molecule has 0 saturated carbocycles. The van der Waals surface area contributed by atoms with Gasteiger partial charge < -0.3 is 29.6 Å². The maximum Gasteiger partial charge on any atom is 0.164 e. The molecular formula is C48H46N12. The minimum absolute atomic E-state index is 0.626. The minimum Gasteiger partial charge on any atom is -0.369 e. The number of anilines is 4. The zero-order valence-corrected chi connectivity index (χ0v) is 33.7. The molecule has 6 aliphatic rings. The third kappa shape index (κ3) is 5.21. The molecule has 3 aromatic heterocycles. The summed E-state index contributed by atoms with van der Waals surface area (Å²) in [5.41, 5.74) is 12.2. The number of nitrogens with zero attached hydrogens (tertiary/aromatic N) is 10. The smallest absolute Gasteiger partial charge is 0.164 e. The van der Waals surface area contributed by atoms with Gasteiger partial charge >= 0.3 is 0 Å². The van der Waals surface area contributed by atoms with Crippen LogP contribution in [-0.4, -0.2) is 92.2 Å². The van der Waals surface area contributed by atoms with Gasteiger partial charge in [-0.2, -0.15) is 0 Å². The normalized spacial score (nSPS) is 17.5. The molecular weight excluding hydrogens is 745 g/mol. The molecule has 4 saturated heterocycles. The van der Waals surface area contributed by atoms with E-state index in [2.05, 4.69) is 90.2 Å². The molecule has 0 amide bonds. The van der Waals surface area contributed by atoms with Gasteiger partial charge in [-0.3, -0.25) is 0 Å². The molecule has 0 aliphatic carbocycles. The van der Waals surface area contributed by atoms with Crippen LogP contribution in [0, 0.1) is 0 Å². The monoisotopic (exact) mass is 790 g/mol. The first-order valence-electron chi connectivity index (χ1n) is 22.1. The van der Waals surface area contributed by atoms with Gasteiger partial charge in [0.15, 0.2) is 23.3 Å². The number of rotatable bonds is 4. The molecule has 0 spiro atoms. The van der Waals surface area contributed by atoms with Gasteiger partial charge in [-0.1, -0.05) is 72.8 Å². The van der Waals surface area contributed by atoms with E-state index in [1.165, 1.54) is 74.1 Å². The molecule has 13 rings (SSSR count). The second-order valence-electron chi connectivity index (χ2n) is 17.2. The van der Waals surface area contributed by atoms with Gasteiger partial charge in [0.25, 0.3) is 0 Å². The molecule has 0 atom stereocenters. The Bertz CT molecular complexity index is 2850. The lowest BCUT2D eigenvalue weighted by atomic mass is 10.0. The number of hydrogen-bond acceptors (Lipinski definition) is 10. The molecule has 8 bridgehead atoms. The maximum atomic E-state index is 5.63. The van der Waals surface area contributed by atoms with Crippen LogP contribution in [0.3, 0.4) is 0 Å². The Balaban J connectivity index is 1.26. The van der Waals surface area contributed by atoms with Crippen molar-refractivity contribution in [2.24, 2.45) is 0 Å². The lowest BCUT2D eigenvalue weighted by molar-refractivity contribution is 0.897. The van der Waals surface area contributed by atoms with Crippen LogP contribution in [0.15, 0.2) is 72.8 Å². The van der Waals surface area contributed by atoms with E-state index in [1.54, 1.807) is 0 Å². The predicted octanol–water partition coefficient (Wildman–Crippen LogP) is 9.27. The number of aromatic nitrogens is 8. The van der Waals surface area contributed by atoms with Crippen molar-refractivity contribution in [1.82, 2.24) is 39.9 Å². The molecule has 0 unspecified atom stereocenters. The van der Waals surface area contributed by atoms with Gasteiger partial charge in [0, 0.05) is 85.4 Å². The van der Waals surface area contributed by atoms with Crippen molar-refractivity contribution in [3.63, 3.8) is 0 Å².